The van der Waals surface area contributed by atoms with Gasteiger partial charge in [-0.15, -0.1) is 0 Å². The quantitative estimate of drug-likeness (QED) is 0.388. The van der Waals surface area contributed by atoms with E-state index in [0.29, 0.717) is 16.7 Å². The number of aryl methyl sites for hydroxylation is 1. The van der Waals surface area contributed by atoms with E-state index in [2.05, 4.69) is 21.2 Å². The SMILES string of the molecule is CCNC(=O)C(C)N(Cc1cccc(C)c1)C(=O)CN(c1cccc(Br)c1)S(=O)(=O)c1ccccc1. The van der Waals surface area contributed by atoms with Crippen molar-refractivity contribution in [3.05, 3.63) is 94.5 Å². The van der Waals surface area contributed by atoms with Crippen LogP contribution in [0.3, 0.4) is 0 Å². The number of amides is 2. The molecule has 0 aliphatic heterocycles. The first kappa shape index (κ1) is 27.4. The summed E-state index contributed by atoms with van der Waals surface area (Å²) in [5.74, 6) is -0.798. The maximum atomic E-state index is 13.8. The lowest BCUT2D eigenvalue weighted by molar-refractivity contribution is -0.139. The number of sulfonamides is 1. The molecule has 0 heterocycles. The van der Waals surface area contributed by atoms with Gasteiger partial charge >= 0.3 is 0 Å². The van der Waals surface area contributed by atoms with Crippen LogP contribution in [-0.2, 0) is 26.2 Å². The Morgan fingerprint density at radius 3 is 2.31 bits per heavy atom. The van der Waals surface area contributed by atoms with Crippen molar-refractivity contribution in [2.45, 2.75) is 38.3 Å². The molecule has 0 radical (unpaired) electrons. The van der Waals surface area contributed by atoms with Gasteiger partial charge in [-0.05, 0) is 56.7 Å². The third-order valence-electron chi connectivity index (χ3n) is 5.66. The monoisotopic (exact) mass is 571 g/mol. The minimum absolute atomic E-state index is 0.0692. The van der Waals surface area contributed by atoms with Gasteiger partial charge in [-0.3, -0.25) is 13.9 Å². The Hall–Kier alpha value is -3.17. The van der Waals surface area contributed by atoms with Crippen LogP contribution in [0.5, 0.6) is 0 Å². The Labute approximate surface area is 221 Å². The number of hydrogen-bond donors (Lipinski definition) is 1. The lowest BCUT2D eigenvalue weighted by Gasteiger charge is -2.32. The summed E-state index contributed by atoms with van der Waals surface area (Å²) in [6.45, 7) is 5.51. The molecule has 1 atom stereocenters. The number of rotatable bonds is 10. The minimum atomic E-state index is -4.07. The molecule has 1 N–H and O–H groups in total. The molecule has 3 rings (SSSR count). The first-order valence-corrected chi connectivity index (χ1v) is 13.8. The molecule has 0 spiro atoms. The molecule has 0 saturated carbocycles. The summed E-state index contributed by atoms with van der Waals surface area (Å²) in [5, 5.41) is 2.76. The summed E-state index contributed by atoms with van der Waals surface area (Å²) in [6, 6.07) is 21.6. The van der Waals surface area contributed by atoms with Gasteiger partial charge in [0, 0.05) is 17.6 Å². The van der Waals surface area contributed by atoms with E-state index in [1.165, 1.54) is 17.0 Å². The van der Waals surface area contributed by atoms with Crippen molar-refractivity contribution in [1.82, 2.24) is 10.2 Å². The lowest BCUT2D eigenvalue weighted by atomic mass is 10.1. The molecule has 9 heteroatoms. The van der Waals surface area contributed by atoms with Gasteiger partial charge in [-0.2, -0.15) is 0 Å². The second-order valence-corrected chi connectivity index (χ2v) is 11.2. The Kier molecular flexibility index (Phi) is 9.28. The molecule has 3 aromatic rings. The molecule has 1 unspecified atom stereocenters. The fraction of sp³-hybridized carbons (Fsp3) is 0.259. The summed E-state index contributed by atoms with van der Waals surface area (Å²) in [4.78, 5) is 28.0. The van der Waals surface area contributed by atoms with Gasteiger partial charge in [0.15, 0.2) is 0 Å². The van der Waals surface area contributed by atoms with Gasteiger partial charge in [-0.1, -0.05) is 70.0 Å². The highest BCUT2D eigenvalue weighted by Crippen LogP contribution is 2.27. The van der Waals surface area contributed by atoms with E-state index in [-0.39, 0.29) is 17.3 Å². The van der Waals surface area contributed by atoms with E-state index in [9.17, 15) is 18.0 Å². The molecule has 0 aliphatic carbocycles. The summed E-state index contributed by atoms with van der Waals surface area (Å²) >= 11 is 3.39. The number of nitrogens with one attached hydrogen (secondary N) is 1. The standard InChI is InChI=1S/C27H30BrN3O4S/c1-4-29-27(33)21(3)30(18-22-11-8-10-20(2)16-22)26(32)19-31(24-13-9-12-23(28)17-24)36(34,35)25-14-6-5-7-15-25/h5-17,21H,4,18-19H2,1-3H3,(H,29,33). The molecule has 190 valence electrons. The van der Waals surface area contributed by atoms with E-state index < -0.39 is 28.5 Å². The van der Waals surface area contributed by atoms with Crippen molar-refractivity contribution in [3.8, 4) is 0 Å². The van der Waals surface area contributed by atoms with Crippen molar-refractivity contribution in [1.29, 1.82) is 0 Å². The summed E-state index contributed by atoms with van der Waals surface area (Å²) in [6.07, 6.45) is 0. The van der Waals surface area contributed by atoms with Crippen molar-refractivity contribution >= 4 is 43.5 Å². The smallest absolute Gasteiger partial charge is 0.264 e. The van der Waals surface area contributed by atoms with E-state index in [0.717, 1.165) is 15.4 Å². The highest BCUT2D eigenvalue weighted by molar-refractivity contribution is 9.10. The third kappa shape index (κ3) is 6.73. The second-order valence-electron chi connectivity index (χ2n) is 8.39. The van der Waals surface area contributed by atoms with E-state index >= 15 is 0 Å². The number of anilines is 1. The van der Waals surface area contributed by atoms with Gasteiger partial charge in [0.1, 0.15) is 12.6 Å². The van der Waals surface area contributed by atoms with Crippen LogP contribution in [0.4, 0.5) is 5.69 Å². The zero-order valence-electron chi connectivity index (χ0n) is 20.5. The number of carbonyl (C=O) groups excluding carboxylic acids is 2. The highest BCUT2D eigenvalue weighted by Gasteiger charge is 2.32. The number of nitrogens with zero attached hydrogens (tertiary/aromatic N) is 2. The predicted molar refractivity (Wildman–Crippen MR) is 145 cm³/mol. The average molecular weight is 573 g/mol. The maximum Gasteiger partial charge on any atom is 0.264 e. The Morgan fingerprint density at radius 2 is 1.67 bits per heavy atom. The molecule has 0 aliphatic rings. The molecule has 0 bridgehead atoms. The van der Waals surface area contributed by atoms with E-state index in [1.54, 1.807) is 56.3 Å². The van der Waals surface area contributed by atoms with Crippen LogP contribution in [-0.4, -0.2) is 44.3 Å². The zero-order valence-corrected chi connectivity index (χ0v) is 22.9. The molecule has 0 fully saturated rings. The first-order valence-electron chi connectivity index (χ1n) is 11.6. The van der Waals surface area contributed by atoms with Crippen molar-refractivity contribution in [2.75, 3.05) is 17.4 Å². The fourth-order valence-corrected chi connectivity index (χ4v) is 5.61. The Morgan fingerprint density at radius 1 is 0.972 bits per heavy atom. The Balaban J connectivity index is 2.02. The van der Waals surface area contributed by atoms with Crippen LogP contribution in [0.1, 0.15) is 25.0 Å². The topological polar surface area (TPSA) is 86.8 Å². The lowest BCUT2D eigenvalue weighted by Crippen LogP contribution is -2.51. The van der Waals surface area contributed by atoms with Crippen molar-refractivity contribution < 1.29 is 18.0 Å². The largest absolute Gasteiger partial charge is 0.355 e. The van der Waals surface area contributed by atoms with Crippen LogP contribution in [0.25, 0.3) is 0 Å². The molecule has 0 saturated heterocycles. The van der Waals surface area contributed by atoms with Gasteiger partial charge < -0.3 is 10.2 Å². The minimum Gasteiger partial charge on any atom is -0.355 e. The van der Waals surface area contributed by atoms with Gasteiger partial charge in [0.2, 0.25) is 11.8 Å². The fourth-order valence-electron chi connectivity index (χ4n) is 3.79. The highest BCUT2D eigenvalue weighted by atomic mass is 79.9. The number of benzene rings is 3. The van der Waals surface area contributed by atoms with Crippen LogP contribution in [0, 0.1) is 6.92 Å². The number of halogens is 1. The molecule has 2 amide bonds. The predicted octanol–water partition coefficient (Wildman–Crippen LogP) is 4.51. The van der Waals surface area contributed by atoms with Gasteiger partial charge in [0.25, 0.3) is 10.0 Å². The van der Waals surface area contributed by atoms with Gasteiger partial charge in [-0.25, -0.2) is 8.42 Å². The summed E-state index contributed by atoms with van der Waals surface area (Å²) in [5.41, 5.74) is 2.20. The van der Waals surface area contributed by atoms with Crippen molar-refractivity contribution in [2.24, 2.45) is 0 Å². The second kappa shape index (κ2) is 12.2. The van der Waals surface area contributed by atoms with Crippen LogP contribution < -0.4 is 9.62 Å². The summed E-state index contributed by atoms with van der Waals surface area (Å²) < 4.78 is 29.1. The summed E-state index contributed by atoms with van der Waals surface area (Å²) in [7, 11) is -4.07. The van der Waals surface area contributed by atoms with Crippen LogP contribution >= 0.6 is 15.9 Å². The first-order chi connectivity index (χ1) is 17.1. The Bertz CT molecular complexity index is 1320. The average Bonchev–Trinajstić information content (AvgIpc) is 2.86. The van der Waals surface area contributed by atoms with E-state index in [4.69, 9.17) is 0 Å². The van der Waals surface area contributed by atoms with E-state index in [1.807, 2.05) is 31.2 Å². The molecular formula is C27H30BrN3O4S. The third-order valence-corrected chi connectivity index (χ3v) is 7.94. The number of likely N-dealkylation sites (N-methyl/N-ethyl adjacent to an activating group) is 1. The number of hydrogen-bond acceptors (Lipinski definition) is 4. The molecule has 0 aromatic heterocycles. The molecule has 3 aromatic carbocycles. The molecular weight excluding hydrogens is 542 g/mol. The molecule has 36 heavy (non-hydrogen) atoms. The van der Waals surface area contributed by atoms with Crippen molar-refractivity contribution in [3.63, 3.8) is 0 Å². The zero-order chi connectivity index (χ0) is 26.3. The van der Waals surface area contributed by atoms with Crippen LogP contribution in [0.2, 0.25) is 0 Å². The van der Waals surface area contributed by atoms with Crippen LogP contribution in [0.15, 0.2) is 88.2 Å². The van der Waals surface area contributed by atoms with Gasteiger partial charge in [0.05, 0.1) is 10.6 Å². The molecule has 7 nitrogen and oxygen atoms in total. The normalized spacial score (nSPS) is 12.0. The number of carbonyl (C=O) groups is 2. The maximum absolute atomic E-state index is 13.8.